The van der Waals surface area contributed by atoms with Crippen molar-refractivity contribution in [3.63, 3.8) is 0 Å². The number of hydrogen-bond acceptors (Lipinski definition) is 3. The maximum Gasteiger partial charge on any atom is 0.115 e. The van der Waals surface area contributed by atoms with E-state index in [9.17, 15) is 9.50 Å². The summed E-state index contributed by atoms with van der Waals surface area (Å²) in [7, 11) is 0. The van der Waals surface area contributed by atoms with E-state index in [1.165, 1.54) is 11.1 Å². The molecule has 122 valence electrons. The highest BCUT2D eigenvalue weighted by Crippen LogP contribution is 2.39. The standard InChI is InChI=1S/C18H26FNO2/c19-9-3-1-2-4-10-20-11-12-22-18-16-13-15(21)7-5-14(16)6-8-17(18)20/h5,7,13,17-18,21H,1-4,6,8-12H2/t17-,18-/m1/s1. The molecule has 1 saturated heterocycles. The molecule has 0 saturated carbocycles. The zero-order chi connectivity index (χ0) is 15.4. The fourth-order valence-corrected chi connectivity index (χ4v) is 3.82. The number of aromatic hydroxyl groups is 1. The lowest BCUT2D eigenvalue weighted by molar-refractivity contribution is -0.0806. The number of alkyl halides is 1. The molecule has 2 atom stereocenters. The van der Waals surface area contributed by atoms with Gasteiger partial charge in [0.25, 0.3) is 0 Å². The van der Waals surface area contributed by atoms with Crippen LogP contribution in [0.2, 0.25) is 0 Å². The van der Waals surface area contributed by atoms with Crippen LogP contribution in [0.15, 0.2) is 18.2 Å². The SMILES string of the molecule is Oc1ccc2c(c1)[C@H]1OCCN(CCCCCCF)[C@@H]1CC2. The number of halogens is 1. The topological polar surface area (TPSA) is 32.7 Å². The predicted octanol–water partition coefficient (Wildman–Crippen LogP) is 3.61. The second kappa shape index (κ2) is 7.42. The molecule has 0 spiro atoms. The Balaban J connectivity index is 1.62. The summed E-state index contributed by atoms with van der Waals surface area (Å²) >= 11 is 0. The molecule has 1 heterocycles. The number of ether oxygens (including phenoxy) is 1. The number of phenols is 1. The number of nitrogens with zero attached hydrogens (tertiary/aromatic N) is 1. The highest BCUT2D eigenvalue weighted by Gasteiger charge is 2.37. The molecule has 3 nitrogen and oxygen atoms in total. The van der Waals surface area contributed by atoms with Gasteiger partial charge in [-0.1, -0.05) is 18.9 Å². The Hall–Kier alpha value is -1.13. The molecule has 0 unspecified atom stereocenters. The first-order chi connectivity index (χ1) is 10.8. The van der Waals surface area contributed by atoms with Gasteiger partial charge in [0.1, 0.15) is 5.75 Å². The van der Waals surface area contributed by atoms with E-state index in [1.807, 2.05) is 12.1 Å². The molecule has 4 heteroatoms. The third-order valence-corrected chi connectivity index (χ3v) is 4.97. The summed E-state index contributed by atoms with van der Waals surface area (Å²) < 4.78 is 18.2. The molecule has 2 aliphatic rings. The van der Waals surface area contributed by atoms with Gasteiger partial charge in [-0.15, -0.1) is 0 Å². The van der Waals surface area contributed by atoms with E-state index in [0.29, 0.717) is 18.2 Å². The Morgan fingerprint density at radius 2 is 2.09 bits per heavy atom. The Morgan fingerprint density at radius 1 is 1.23 bits per heavy atom. The second-order valence-corrected chi connectivity index (χ2v) is 6.42. The molecule has 1 aliphatic heterocycles. The Labute approximate surface area is 132 Å². The number of unbranched alkanes of at least 4 members (excludes halogenated alkanes) is 3. The molecule has 1 N–H and O–H groups in total. The maximum atomic E-state index is 12.1. The average molecular weight is 307 g/mol. The molecule has 0 bridgehead atoms. The lowest BCUT2D eigenvalue weighted by atomic mass is 9.84. The van der Waals surface area contributed by atoms with Crippen molar-refractivity contribution in [3.05, 3.63) is 29.3 Å². The lowest BCUT2D eigenvalue weighted by Crippen LogP contribution is -2.49. The van der Waals surface area contributed by atoms with Crippen LogP contribution in [0.4, 0.5) is 4.39 Å². The maximum absolute atomic E-state index is 12.1. The largest absolute Gasteiger partial charge is 0.508 e. The molecular weight excluding hydrogens is 281 g/mol. The molecule has 1 aliphatic carbocycles. The minimum atomic E-state index is -0.192. The van der Waals surface area contributed by atoms with Gasteiger partial charge in [-0.25, -0.2) is 0 Å². The van der Waals surface area contributed by atoms with E-state index in [4.69, 9.17) is 4.74 Å². The molecule has 22 heavy (non-hydrogen) atoms. The Morgan fingerprint density at radius 3 is 2.95 bits per heavy atom. The second-order valence-electron chi connectivity index (χ2n) is 6.42. The van der Waals surface area contributed by atoms with Gasteiger partial charge in [0, 0.05) is 12.6 Å². The summed E-state index contributed by atoms with van der Waals surface area (Å²) in [6.45, 7) is 2.62. The molecule has 1 aromatic carbocycles. The third-order valence-electron chi connectivity index (χ3n) is 4.97. The van der Waals surface area contributed by atoms with Crippen molar-refractivity contribution in [1.29, 1.82) is 0 Å². The zero-order valence-corrected chi connectivity index (χ0v) is 13.1. The summed E-state index contributed by atoms with van der Waals surface area (Å²) in [4.78, 5) is 2.54. The van der Waals surface area contributed by atoms with Crippen LogP contribution < -0.4 is 0 Å². The minimum absolute atomic E-state index is 0.0930. The predicted molar refractivity (Wildman–Crippen MR) is 84.9 cm³/mol. The van der Waals surface area contributed by atoms with Crippen molar-refractivity contribution in [2.45, 2.75) is 50.7 Å². The third kappa shape index (κ3) is 3.44. The first kappa shape index (κ1) is 15.8. The normalized spacial score (nSPS) is 24.8. The molecule has 1 fully saturated rings. The summed E-state index contributed by atoms with van der Waals surface area (Å²) in [5.74, 6) is 0.325. The van der Waals surface area contributed by atoms with E-state index in [0.717, 1.165) is 51.8 Å². The van der Waals surface area contributed by atoms with Crippen molar-refractivity contribution in [3.8, 4) is 5.75 Å². The van der Waals surface area contributed by atoms with Crippen LogP contribution in [0.3, 0.4) is 0 Å². The van der Waals surface area contributed by atoms with Crippen molar-refractivity contribution in [2.75, 3.05) is 26.4 Å². The van der Waals surface area contributed by atoms with Crippen LogP contribution in [0, 0.1) is 0 Å². The molecular formula is C18H26FNO2. The number of morpholine rings is 1. The van der Waals surface area contributed by atoms with E-state index >= 15 is 0 Å². The van der Waals surface area contributed by atoms with E-state index < -0.39 is 0 Å². The van der Waals surface area contributed by atoms with Crippen molar-refractivity contribution in [1.82, 2.24) is 4.90 Å². The first-order valence-corrected chi connectivity index (χ1v) is 8.53. The molecule has 3 rings (SSSR count). The van der Waals surface area contributed by atoms with Gasteiger partial charge in [-0.05, 0) is 55.5 Å². The molecule has 0 radical (unpaired) electrons. The summed E-state index contributed by atoms with van der Waals surface area (Å²) in [5.41, 5.74) is 2.47. The monoisotopic (exact) mass is 307 g/mol. The number of aryl methyl sites for hydroxylation is 1. The van der Waals surface area contributed by atoms with Crippen molar-refractivity contribution >= 4 is 0 Å². The first-order valence-electron chi connectivity index (χ1n) is 8.53. The van der Waals surface area contributed by atoms with Crippen molar-refractivity contribution < 1.29 is 14.2 Å². The van der Waals surface area contributed by atoms with E-state index in [2.05, 4.69) is 4.90 Å². The average Bonchev–Trinajstić information content (AvgIpc) is 2.54. The summed E-state index contributed by atoms with van der Waals surface area (Å²) in [6.07, 6.45) is 6.20. The van der Waals surface area contributed by atoms with Crippen LogP contribution in [-0.4, -0.2) is 42.4 Å². The number of phenolic OH excluding ortho intramolecular Hbond substituents is 1. The number of fused-ring (bicyclic) bond motifs is 3. The zero-order valence-electron chi connectivity index (χ0n) is 13.1. The van der Waals surface area contributed by atoms with Gasteiger partial charge < -0.3 is 9.84 Å². The minimum Gasteiger partial charge on any atom is -0.508 e. The Kier molecular flexibility index (Phi) is 5.32. The van der Waals surface area contributed by atoms with Crippen LogP contribution in [0.25, 0.3) is 0 Å². The van der Waals surface area contributed by atoms with Gasteiger partial charge in [-0.2, -0.15) is 0 Å². The van der Waals surface area contributed by atoms with Crippen LogP contribution in [-0.2, 0) is 11.2 Å². The van der Waals surface area contributed by atoms with Crippen LogP contribution in [0.5, 0.6) is 5.75 Å². The fraction of sp³-hybridized carbons (Fsp3) is 0.667. The lowest BCUT2D eigenvalue weighted by Gasteiger charge is -2.44. The van der Waals surface area contributed by atoms with Gasteiger partial charge in [0.15, 0.2) is 0 Å². The van der Waals surface area contributed by atoms with Gasteiger partial charge in [0.05, 0.1) is 19.4 Å². The summed E-state index contributed by atoms with van der Waals surface area (Å²) in [6, 6.07) is 6.09. The van der Waals surface area contributed by atoms with Gasteiger partial charge in [-0.3, -0.25) is 9.29 Å². The van der Waals surface area contributed by atoms with Crippen molar-refractivity contribution in [2.24, 2.45) is 0 Å². The molecule has 0 amide bonds. The van der Waals surface area contributed by atoms with E-state index in [1.54, 1.807) is 6.07 Å². The smallest absolute Gasteiger partial charge is 0.115 e. The van der Waals surface area contributed by atoms with Crippen LogP contribution >= 0.6 is 0 Å². The highest BCUT2D eigenvalue weighted by molar-refractivity contribution is 5.39. The number of benzene rings is 1. The van der Waals surface area contributed by atoms with Gasteiger partial charge >= 0.3 is 0 Å². The number of hydrogen-bond donors (Lipinski definition) is 1. The number of rotatable bonds is 6. The van der Waals surface area contributed by atoms with Gasteiger partial charge in [0.2, 0.25) is 0 Å². The summed E-state index contributed by atoms with van der Waals surface area (Å²) in [5, 5.41) is 9.77. The fourth-order valence-electron chi connectivity index (χ4n) is 3.82. The molecule has 1 aromatic rings. The molecule has 0 aromatic heterocycles. The highest BCUT2D eigenvalue weighted by atomic mass is 19.1. The van der Waals surface area contributed by atoms with E-state index in [-0.39, 0.29) is 12.8 Å². The van der Waals surface area contributed by atoms with Crippen LogP contribution in [0.1, 0.15) is 49.3 Å². The quantitative estimate of drug-likeness (QED) is 0.815. The Bertz CT molecular complexity index is 494.